The van der Waals surface area contributed by atoms with Gasteiger partial charge in [0.25, 0.3) is 5.91 Å². The SMILES string of the molecule is CC(C)CNC(=O)c1ccc(N2CCC(=Cc3ccccc3C(F)(F)F)CC2)nn1. The molecule has 1 aliphatic rings. The molecule has 1 aliphatic heterocycles. The highest BCUT2D eigenvalue weighted by Gasteiger charge is 2.32. The van der Waals surface area contributed by atoms with E-state index in [0.717, 1.165) is 11.6 Å². The molecule has 5 nitrogen and oxygen atoms in total. The van der Waals surface area contributed by atoms with Crippen LogP contribution < -0.4 is 10.2 Å². The molecule has 1 aromatic heterocycles. The first-order chi connectivity index (χ1) is 14.2. The van der Waals surface area contributed by atoms with Gasteiger partial charge in [-0.3, -0.25) is 4.79 Å². The summed E-state index contributed by atoms with van der Waals surface area (Å²) in [6, 6.07) is 9.02. The van der Waals surface area contributed by atoms with Gasteiger partial charge in [-0.1, -0.05) is 43.7 Å². The standard InChI is InChI=1S/C22H25F3N4O/c1-15(2)14-26-21(30)19-7-8-20(28-27-19)29-11-9-16(10-12-29)13-17-5-3-4-6-18(17)22(23,24)25/h3-8,13,15H,9-12,14H2,1-2H3,(H,26,30). The normalized spacial score (nSPS) is 14.7. The molecule has 2 aromatic rings. The van der Waals surface area contributed by atoms with E-state index in [1.807, 2.05) is 18.7 Å². The minimum Gasteiger partial charge on any atom is -0.354 e. The second-order valence-electron chi connectivity index (χ2n) is 7.76. The highest BCUT2D eigenvalue weighted by Crippen LogP contribution is 2.33. The van der Waals surface area contributed by atoms with Crippen LogP contribution in [0.25, 0.3) is 6.08 Å². The fourth-order valence-corrected chi connectivity index (χ4v) is 3.27. The van der Waals surface area contributed by atoms with E-state index >= 15 is 0 Å². The van der Waals surface area contributed by atoms with E-state index in [2.05, 4.69) is 15.5 Å². The van der Waals surface area contributed by atoms with Crippen molar-refractivity contribution in [1.82, 2.24) is 15.5 Å². The van der Waals surface area contributed by atoms with Crippen LogP contribution in [0, 0.1) is 5.92 Å². The Morgan fingerprint density at radius 3 is 2.43 bits per heavy atom. The fraction of sp³-hybridized carbons (Fsp3) is 0.409. The molecule has 0 unspecified atom stereocenters. The molecular weight excluding hydrogens is 393 g/mol. The molecule has 0 radical (unpaired) electrons. The summed E-state index contributed by atoms with van der Waals surface area (Å²) in [5, 5.41) is 11.0. The number of carbonyl (C=O) groups is 1. The average molecular weight is 418 g/mol. The molecule has 1 N–H and O–H groups in total. The summed E-state index contributed by atoms with van der Waals surface area (Å²) in [6.45, 7) is 5.85. The number of piperidine rings is 1. The number of aromatic nitrogens is 2. The van der Waals surface area contributed by atoms with E-state index in [9.17, 15) is 18.0 Å². The zero-order valence-corrected chi connectivity index (χ0v) is 17.0. The molecular formula is C22H25F3N4O. The highest BCUT2D eigenvalue weighted by atomic mass is 19.4. The van der Waals surface area contributed by atoms with Gasteiger partial charge in [0.2, 0.25) is 0 Å². The Bertz CT molecular complexity index is 897. The number of halogens is 3. The lowest BCUT2D eigenvalue weighted by Gasteiger charge is -2.29. The zero-order valence-electron chi connectivity index (χ0n) is 17.0. The molecule has 0 aliphatic carbocycles. The Morgan fingerprint density at radius 1 is 1.13 bits per heavy atom. The van der Waals surface area contributed by atoms with Crippen LogP contribution in [0.1, 0.15) is 48.3 Å². The first kappa shape index (κ1) is 21.8. The Labute approximate surface area is 174 Å². The predicted octanol–water partition coefficient (Wildman–Crippen LogP) is 4.57. The summed E-state index contributed by atoms with van der Waals surface area (Å²) >= 11 is 0. The summed E-state index contributed by atoms with van der Waals surface area (Å²) in [6.07, 6.45) is -1.43. The maximum Gasteiger partial charge on any atom is 0.416 e. The van der Waals surface area contributed by atoms with Crippen molar-refractivity contribution in [3.63, 3.8) is 0 Å². The molecule has 2 heterocycles. The fourth-order valence-electron chi connectivity index (χ4n) is 3.27. The van der Waals surface area contributed by atoms with Gasteiger partial charge in [-0.15, -0.1) is 10.2 Å². The van der Waals surface area contributed by atoms with Crippen LogP contribution in [0.2, 0.25) is 0 Å². The van der Waals surface area contributed by atoms with Crippen molar-refractivity contribution < 1.29 is 18.0 Å². The van der Waals surface area contributed by atoms with Crippen molar-refractivity contribution >= 4 is 17.8 Å². The van der Waals surface area contributed by atoms with Crippen LogP contribution in [0.5, 0.6) is 0 Å². The van der Waals surface area contributed by atoms with Crippen LogP contribution >= 0.6 is 0 Å². The van der Waals surface area contributed by atoms with E-state index in [1.165, 1.54) is 12.1 Å². The van der Waals surface area contributed by atoms with Crippen molar-refractivity contribution in [2.45, 2.75) is 32.9 Å². The molecule has 3 rings (SSSR count). The highest BCUT2D eigenvalue weighted by molar-refractivity contribution is 5.92. The molecule has 1 aromatic carbocycles. The van der Waals surface area contributed by atoms with E-state index < -0.39 is 11.7 Å². The number of rotatable bonds is 5. The van der Waals surface area contributed by atoms with Gasteiger partial charge < -0.3 is 10.2 Å². The molecule has 160 valence electrons. The van der Waals surface area contributed by atoms with E-state index in [1.54, 1.807) is 24.3 Å². The van der Waals surface area contributed by atoms with Gasteiger partial charge in [-0.25, -0.2) is 0 Å². The maximum absolute atomic E-state index is 13.2. The first-order valence-electron chi connectivity index (χ1n) is 9.96. The Morgan fingerprint density at radius 2 is 1.83 bits per heavy atom. The van der Waals surface area contributed by atoms with Gasteiger partial charge in [-0.2, -0.15) is 13.2 Å². The quantitative estimate of drug-likeness (QED) is 0.773. The molecule has 0 saturated carbocycles. The van der Waals surface area contributed by atoms with Crippen molar-refractivity contribution in [3.8, 4) is 0 Å². The summed E-state index contributed by atoms with van der Waals surface area (Å²) in [5.41, 5.74) is 0.823. The van der Waals surface area contributed by atoms with Gasteiger partial charge >= 0.3 is 6.18 Å². The number of hydrogen-bond donors (Lipinski definition) is 1. The van der Waals surface area contributed by atoms with Crippen molar-refractivity contribution in [2.24, 2.45) is 5.92 Å². The first-order valence-corrected chi connectivity index (χ1v) is 9.96. The Hall–Kier alpha value is -2.90. The Kier molecular flexibility index (Phi) is 6.74. The van der Waals surface area contributed by atoms with Crippen LogP contribution in [-0.2, 0) is 6.18 Å². The second kappa shape index (κ2) is 9.28. The van der Waals surface area contributed by atoms with E-state index in [0.29, 0.717) is 44.2 Å². The van der Waals surface area contributed by atoms with Gasteiger partial charge in [0, 0.05) is 19.6 Å². The average Bonchev–Trinajstić information content (AvgIpc) is 2.72. The molecule has 0 bridgehead atoms. The van der Waals surface area contributed by atoms with E-state index in [-0.39, 0.29) is 17.2 Å². The molecule has 8 heteroatoms. The van der Waals surface area contributed by atoms with Gasteiger partial charge in [-0.05, 0) is 42.5 Å². The number of hydrogen-bond acceptors (Lipinski definition) is 4. The lowest BCUT2D eigenvalue weighted by molar-refractivity contribution is -0.137. The number of benzene rings is 1. The van der Waals surface area contributed by atoms with Gasteiger partial charge in [0.05, 0.1) is 5.56 Å². The largest absolute Gasteiger partial charge is 0.416 e. The summed E-state index contributed by atoms with van der Waals surface area (Å²) < 4.78 is 39.5. The third-order valence-electron chi connectivity index (χ3n) is 4.91. The van der Waals surface area contributed by atoms with Crippen molar-refractivity contribution in [1.29, 1.82) is 0 Å². The number of amides is 1. The monoisotopic (exact) mass is 418 g/mol. The third-order valence-corrected chi connectivity index (χ3v) is 4.91. The van der Waals surface area contributed by atoms with E-state index in [4.69, 9.17) is 0 Å². The van der Waals surface area contributed by atoms with Crippen LogP contribution in [0.4, 0.5) is 19.0 Å². The molecule has 0 atom stereocenters. The van der Waals surface area contributed by atoms with Crippen LogP contribution in [0.3, 0.4) is 0 Å². The van der Waals surface area contributed by atoms with Crippen molar-refractivity contribution in [2.75, 3.05) is 24.5 Å². The number of anilines is 1. The zero-order chi connectivity index (χ0) is 21.7. The van der Waals surface area contributed by atoms with Gasteiger partial charge in [0.15, 0.2) is 11.5 Å². The number of nitrogens with one attached hydrogen (secondary N) is 1. The van der Waals surface area contributed by atoms with Crippen LogP contribution in [0.15, 0.2) is 42.0 Å². The second-order valence-corrected chi connectivity index (χ2v) is 7.76. The van der Waals surface area contributed by atoms with Crippen LogP contribution in [-0.4, -0.2) is 35.7 Å². The Balaban J connectivity index is 1.62. The van der Waals surface area contributed by atoms with Crippen molar-refractivity contribution in [3.05, 3.63) is 58.8 Å². The molecule has 1 amide bonds. The lowest BCUT2D eigenvalue weighted by atomic mass is 9.98. The van der Waals surface area contributed by atoms with Gasteiger partial charge in [0.1, 0.15) is 0 Å². The number of alkyl halides is 3. The minimum absolute atomic E-state index is 0.199. The molecule has 1 saturated heterocycles. The lowest BCUT2D eigenvalue weighted by Crippen LogP contribution is -2.32. The third kappa shape index (κ3) is 5.58. The summed E-state index contributed by atoms with van der Waals surface area (Å²) in [5.74, 6) is 0.750. The molecule has 1 fully saturated rings. The molecule has 30 heavy (non-hydrogen) atoms. The topological polar surface area (TPSA) is 58.1 Å². The predicted molar refractivity (Wildman–Crippen MR) is 110 cm³/mol. The summed E-state index contributed by atoms with van der Waals surface area (Å²) in [7, 11) is 0. The summed E-state index contributed by atoms with van der Waals surface area (Å²) in [4.78, 5) is 14.1. The number of nitrogens with zero attached hydrogens (tertiary/aromatic N) is 3. The minimum atomic E-state index is -4.37. The molecule has 0 spiro atoms. The number of carbonyl (C=O) groups excluding carboxylic acids is 1. The smallest absolute Gasteiger partial charge is 0.354 e. The maximum atomic E-state index is 13.2.